The average Bonchev–Trinajstić information content (AvgIpc) is 1.66. The fraction of sp³-hybridized carbons (Fsp3) is 0.585. The van der Waals surface area contributed by atoms with Gasteiger partial charge in [0.15, 0.2) is 5.96 Å². The number of hydrogen-bond donors (Lipinski definition) is 27. The van der Waals surface area contributed by atoms with Gasteiger partial charge in [-0.2, -0.15) is 0 Å². The normalized spacial score (nSPS) is 26.5. The highest BCUT2D eigenvalue weighted by atomic mass is 33.1. The molecule has 17 amide bonds. The lowest BCUT2D eigenvalue weighted by Gasteiger charge is -2.32. The van der Waals surface area contributed by atoms with Gasteiger partial charge in [0.2, 0.25) is 100 Å². The monoisotopic (exact) mass is 1920 g/mol. The smallest absolute Gasteiger partial charge is 0.327 e. The highest BCUT2D eigenvalue weighted by Gasteiger charge is 2.45. The molecule has 2 unspecified atom stereocenters. The van der Waals surface area contributed by atoms with Crippen LogP contribution in [0.3, 0.4) is 0 Å². The van der Waals surface area contributed by atoms with Crippen molar-refractivity contribution >= 4 is 163 Å². The predicted octanol–water partition coefficient (Wildman–Crippen LogP) is -7.37. The van der Waals surface area contributed by atoms with Gasteiger partial charge in [-0.15, -0.1) is 0 Å². The number of primary amides is 1. The number of aliphatic hydroxyl groups is 2. The molecule has 0 saturated carbocycles. The van der Waals surface area contributed by atoms with Gasteiger partial charge in [0.25, 0.3) is 0 Å². The van der Waals surface area contributed by atoms with Gasteiger partial charge in [-0.3, -0.25) is 101 Å². The molecule has 1 aliphatic carbocycles. The minimum atomic E-state index is -2.00. The summed E-state index contributed by atoms with van der Waals surface area (Å²) in [4.78, 5) is 294. The third kappa shape index (κ3) is 36.0. The zero-order valence-electron chi connectivity index (χ0n) is 74.0. The molecule has 134 heavy (non-hydrogen) atoms. The Labute approximate surface area is 776 Å². The van der Waals surface area contributed by atoms with Crippen LogP contribution in [0.15, 0.2) is 54.4 Å². The zero-order valence-corrected chi connectivity index (χ0v) is 75.6. The van der Waals surface area contributed by atoms with Crippen molar-refractivity contribution in [3.05, 3.63) is 60.0 Å². The van der Waals surface area contributed by atoms with E-state index in [0.717, 1.165) is 40.3 Å². The maximum atomic E-state index is 15.1. The number of para-hydroxylation sites is 1. The maximum absolute atomic E-state index is 15.1. The fourth-order valence-electron chi connectivity index (χ4n) is 14.7. The highest BCUT2D eigenvalue weighted by molar-refractivity contribution is 8.76. The number of rotatable bonds is 26. The molecule has 4 heterocycles. The Morgan fingerprint density at radius 3 is 1.56 bits per heavy atom. The minimum Gasteiger partial charge on any atom is -0.508 e. The lowest BCUT2D eigenvalue weighted by molar-refractivity contribution is -0.145. The molecule has 52 heteroatoms. The van der Waals surface area contributed by atoms with Crippen LogP contribution in [0.5, 0.6) is 0 Å². The van der Waals surface area contributed by atoms with Crippen molar-refractivity contribution < 1.29 is 131 Å². The second-order valence-electron chi connectivity index (χ2n) is 32.5. The van der Waals surface area contributed by atoms with E-state index in [1.54, 1.807) is 36.5 Å². The molecule has 6 rings (SSSR count). The van der Waals surface area contributed by atoms with Gasteiger partial charge < -0.3 is 148 Å². The second-order valence-corrected chi connectivity index (χ2v) is 35.1. The summed E-state index contributed by atoms with van der Waals surface area (Å²) >= 11 is 0. The molecule has 0 radical (unpaired) electrons. The number of aliphatic hydroxyl groups excluding tert-OH is 2. The van der Waals surface area contributed by atoms with E-state index < -0.39 is 303 Å². The molecule has 2 aromatic rings. The molecule has 3 aliphatic heterocycles. The Balaban J connectivity index is 1.33. The number of aromatic amines is 1. The Morgan fingerprint density at radius 2 is 1.00 bits per heavy atom. The van der Waals surface area contributed by atoms with Crippen molar-refractivity contribution in [3.8, 4) is 0 Å². The van der Waals surface area contributed by atoms with E-state index >= 15 is 4.79 Å². The first kappa shape index (κ1) is 110. The van der Waals surface area contributed by atoms with Crippen LogP contribution in [0.1, 0.15) is 148 Å². The van der Waals surface area contributed by atoms with Crippen molar-refractivity contribution in [2.45, 2.75) is 246 Å². The molecule has 4 aliphatic rings. The zero-order chi connectivity index (χ0) is 99.2. The van der Waals surface area contributed by atoms with Crippen LogP contribution in [-0.2, 0) is 107 Å². The van der Waals surface area contributed by atoms with E-state index in [0.29, 0.717) is 22.9 Å². The number of benzene rings is 1. The number of amides is 17. The van der Waals surface area contributed by atoms with Gasteiger partial charge in [0.05, 0.1) is 25.2 Å². The van der Waals surface area contributed by atoms with Crippen LogP contribution in [-0.4, -0.2) is 323 Å². The van der Waals surface area contributed by atoms with E-state index in [-0.39, 0.29) is 108 Å². The molecule has 0 bridgehead atoms. The Bertz CT molecular complexity index is 4670. The highest BCUT2D eigenvalue weighted by Crippen LogP contribution is 2.28. The lowest BCUT2D eigenvalue weighted by Crippen LogP contribution is -2.61. The van der Waals surface area contributed by atoms with Crippen LogP contribution >= 0.6 is 21.6 Å². The van der Waals surface area contributed by atoms with Crippen LogP contribution in [0.4, 0.5) is 0 Å². The molecule has 3 saturated heterocycles. The first-order valence-electron chi connectivity index (χ1n) is 43.5. The molecule has 50 nitrogen and oxygen atoms in total. The Morgan fingerprint density at radius 1 is 0.530 bits per heavy atom. The molecule has 3 fully saturated rings. The quantitative estimate of drug-likeness (QED) is 0.0180. The summed E-state index contributed by atoms with van der Waals surface area (Å²) in [5.41, 5.74) is 24.1. The van der Waals surface area contributed by atoms with Gasteiger partial charge >= 0.3 is 23.9 Å². The number of nitrogens with two attached hydrogens (primary N) is 4. The number of carboxylic acids is 4. The number of hydrogen-bond acceptors (Lipinski definition) is 28. The number of unbranched alkanes of at least 4 members (excludes halogenated alkanes) is 1. The molecule has 0 spiro atoms. The van der Waals surface area contributed by atoms with E-state index in [1.807, 2.05) is 0 Å². The number of nitrogens with one attached hydrogen (secondary N) is 17. The van der Waals surface area contributed by atoms with E-state index in [9.17, 15) is 127 Å². The van der Waals surface area contributed by atoms with Crippen molar-refractivity contribution in [2.24, 2.45) is 28.9 Å². The van der Waals surface area contributed by atoms with Crippen molar-refractivity contribution in [1.82, 2.24) is 94.5 Å². The van der Waals surface area contributed by atoms with Crippen LogP contribution < -0.4 is 103 Å². The fourth-order valence-corrected chi connectivity index (χ4v) is 17.0. The number of carbonyl (C=O) groups excluding carboxylic acids is 17. The van der Waals surface area contributed by atoms with Crippen molar-refractivity contribution in [1.29, 1.82) is 5.41 Å². The molecule has 31 N–H and O–H groups in total. The van der Waals surface area contributed by atoms with Crippen molar-refractivity contribution in [3.63, 3.8) is 0 Å². The number of aromatic nitrogens is 1. The summed E-state index contributed by atoms with van der Waals surface area (Å²) < 4.78 is 0. The van der Waals surface area contributed by atoms with Gasteiger partial charge in [-0.05, 0) is 153 Å². The van der Waals surface area contributed by atoms with E-state index in [1.165, 1.54) is 24.0 Å². The van der Waals surface area contributed by atoms with Gasteiger partial charge in [0.1, 0.15) is 90.3 Å². The van der Waals surface area contributed by atoms with E-state index in [4.69, 9.17) is 28.3 Å². The molecule has 738 valence electrons. The van der Waals surface area contributed by atoms with Crippen LogP contribution in [0, 0.1) is 11.3 Å². The SMILES string of the molecule is C[C@@H]1NC(=O)CNC(=O)[C@H](CCC(=O)O)NC(=O)C2CCCN2C(=O)[C@H]([C@@H](C)O)NC(=O)[C@H](CCC(=O)O)NC(=O)[C@H](CCCNC(=N)N)NC(=O)[C@H](CCC(N)=O)NC(=O)CNC(=O)[C@@H](N)CSSC[C@@H](C(=O)O)NC(=O)[C@H](CC2C=CC(O)=CC2)NC(=O)[C@H](Cc2c[nH]c3ccccc23)NC(=O)[C@@H]2CCCN2C(=O)[C@H](CCCCN)NC(=O)[C@H](C)NC(=O)[C@H](CCC(=O)O)NC1=O. The summed E-state index contributed by atoms with van der Waals surface area (Å²) in [5.74, 6) is -25.9. The maximum Gasteiger partial charge on any atom is 0.327 e. The Kier molecular flexibility index (Phi) is 44.7. The minimum absolute atomic E-state index is 0.0235. The number of fused-ring (bicyclic) bond motifs is 3. The number of nitrogens with zero attached hydrogens (tertiary/aromatic N) is 2. The molecular formula is C82H121N23O27S2. The summed E-state index contributed by atoms with van der Waals surface area (Å²) in [7, 11) is 1.69. The van der Waals surface area contributed by atoms with E-state index in [2.05, 4.69) is 84.7 Å². The topological polar surface area (TPSA) is 810 Å². The number of aliphatic carboxylic acids is 4. The summed E-state index contributed by atoms with van der Waals surface area (Å²) in [6.45, 7) is 1.22. The molecule has 1 aromatic heterocycles. The number of H-pyrrole nitrogens is 1. The first-order chi connectivity index (χ1) is 63.4. The standard InChI is InChI=1S/C82H121N23O27S2/c1-40-67(117)95-52(23-27-64(113)114)71(121)93-41(2)68(118)99-54(13-6-7-29-83)79(129)104-31-9-15-58(104)78(128)101-56(34-44-35-89-48-12-5-4-11-46(44)48)76(126)100-55(33-43-17-19-45(107)20-18-43)75(125)102-57(81(131)132)39-134-133-38-47(84)69(119)90-37-62(110)94-51(21-25-60(85)108)73(123)96-49(14-8-30-88-82(86)87)72(122)97-53(24-28-65(115)116)74(124)103-66(42(3)106)80(130)105-32-10-16-59(105)77(127)98-50(22-26-63(111)112)70(120)91-36-61(109)92-40/h4-5,11-12,17,19-20,35,40-43,47,49-59,66,89,106-107H,6-10,13-16,18,21-34,36-39,83-84H2,1-3H3,(H2,85,108)(H,90,119)(H,91,120)(H,92,109)(H,93,121)(H,94,110)(H,95,117)(H,96,123)(H,97,122)(H,98,127)(H,99,118)(H,100,126)(H,101,128)(H,102,125)(H,103,124)(H,111,112)(H,113,114)(H,115,116)(H,131,132)(H4,86,87,88)/t40-,41-,42+,43?,47-,49-,50-,51-,52-,53-,54-,55-,56-,57-,58-,59?,66-/m0/s1. The van der Waals surface area contributed by atoms with Crippen LogP contribution in [0.25, 0.3) is 10.9 Å². The summed E-state index contributed by atoms with van der Waals surface area (Å²) in [6, 6.07) is -17.7. The first-order valence-corrected chi connectivity index (χ1v) is 46.0. The number of carboxylic acid groups (broad SMARTS) is 4. The molecule has 17 atom stereocenters. The lowest BCUT2D eigenvalue weighted by atomic mass is 9.92. The largest absolute Gasteiger partial charge is 0.508 e. The Hall–Kier alpha value is -13.2. The molecule has 1 aromatic carbocycles. The van der Waals surface area contributed by atoms with Gasteiger partial charge in [-0.1, -0.05) is 45.9 Å². The number of allylic oxidation sites excluding steroid dienone is 3. The number of carbonyl (C=O) groups is 21. The second kappa shape index (κ2) is 54.7. The average molecular weight is 1930 g/mol. The van der Waals surface area contributed by atoms with Crippen LogP contribution in [0.2, 0.25) is 0 Å². The van der Waals surface area contributed by atoms with Gasteiger partial charge in [0, 0.05) is 80.3 Å². The number of guanidine groups is 1. The molecular weight excluding hydrogens is 1800 g/mol. The predicted molar refractivity (Wildman–Crippen MR) is 478 cm³/mol. The third-order valence-corrected chi connectivity index (χ3v) is 24.5. The summed E-state index contributed by atoms with van der Waals surface area (Å²) in [5, 5.41) is 105. The van der Waals surface area contributed by atoms with Gasteiger partial charge in [-0.25, -0.2) is 4.79 Å². The third-order valence-electron chi connectivity index (χ3n) is 22.0. The van der Waals surface area contributed by atoms with Crippen molar-refractivity contribution in [2.75, 3.05) is 50.8 Å². The summed E-state index contributed by atoms with van der Waals surface area (Å²) in [6.07, 6.45) is -1.49.